The fourth-order valence-corrected chi connectivity index (χ4v) is 2.12. The maximum atomic E-state index is 12.8. The standard InChI is InChI=1S/C12H15F2N/c1-8-3-4-9(11(13)14)10(7-8)12(15)5-2-6-12/h3-4,7,11H,2,5-6,15H2,1H3. The summed E-state index contributed by atoms with van der Waals surface area (Å²) in [5.74, 6) is 0. The van der Waals surface area contributed by atoms with Gasteiger partial charge >= 0.3 is 0 Å². The van der Waals surface area contributed by atoms with Crippen molar-refractivity contribution >= 4 is 0 Å². The number of rotatable bonds is 2. The van der Waals surface area contributed by atoms with E-state index in [9.17, 15) is 8.78 Å². The van der Waals surface area contributed by atoms with Crippen molar-refractivity contribution in [2.75, 3.05) is 0 Å². The lowest BCUT2D eigenvalue weighted by atomic mass is 9.71. The minimum absolute atomic E-state index is 0.0998. The molecule has 0 heterocycles. The van der Waals surface area contributed by atoms with Crippen LogP contribution in [0.4, 0.5) is 8.78 Å². The molecule has 1 aromatic carbocycles. The largest absolute Gasteiger partial charge is 0.321 e. The molecule has 0 amide bonds. The highest BCUT2D eigenvalue weighted by Crippen LogP contribution is 2.42. The van der Waals surface area contributed by atoms with Gasteiger partial charge in [0.05, 0.1) is 0 Å². The minimum Gasteiger partial charge on any atom is -0.321 e. The smallest absolute Gasteiger partial charge is 0.264 e. The summed E-state index contributed by atoms with van der Waals surface area (Å²) < 4.78 is 25.6. The summed E-state index contributed by atoms with van der Waals surface area (Å²) in [6.07, 6.45) is 0.237. The number of alkyl halides is 2. The van der Waals surface area contributed by atoms with E-state index in [0.29, 0.717) is 5.56 Å². The molecule has 1 aliphatic rings. The van der Waals surface area contributed by atoms with Crippen molar-refractivity contribution in [1.29, 1.82) is 0 Å². The first kappa shape index (κ1) is 10.6. The topological polar surface area (TPSA) is 26.0 Å². The van der Waals surface area contributed by atoms with Gasteiger partial charge in [0.1, 0.15) is 0 Å². The molecule has 2 N–H and O–H groups in total. The molecule has 0 spiro atoms. The van der Waals surface area contributed by atoms with Crippen LogP contribution < -0.4 is 5.73 Å². The van der Waals surface area contributed by atoms with Gasteiger partial charge in [0.2, 0.25) is 0 Å². The number of halogens is 2. The third kappa shape index (κ3) is 1.76. The lowest BCUT2D eigenvalue weighted by Crippen LogP contribution is -2.44. The van der Waals surface area contributed by atoms with Crippen LogP contribution in [0.25, 0.3) is 0 Å². The molecule has 82 valence electrons. The van der Waals surface area contributed by atoms with Gasteiger partial charge in [-0.1, -0.05) is 23.8 Å². The number of aryl methyl sites for hydroxylation is 1. The quantitative estimate of drug-likeness (QED) is 0.798. The average molecular weight is 211 g/mol. The second kappa shape index (κ2) is 3.56. The van der Waals surface area contributed by atoms with Crippen molar-refractivity contribution in [2.45, 2.75) is 38.2 Å². The third-order valence-corrected chi connectivity index (χ3v) is 3.23. The van der Waals surface area contributed by atoms with E-state index in [-0.39, 0.29) is 5.56 Å². The Morgan fingerprint density at radius 3 is 2.47 bits per heavy atom. The molecule has 1 fully saturated rings. The summed E-state index contributed by atoms with van der Waals surface area (Å²) in [7, 11) is 0. The Morgan fingerprint density at radius 1 is 1.33 bits per heavy atom. The first-order valence-electron chi connectivity index (χ1n) is 5.21. The van der Waals surface area contributed by atoms with Gasteiger partial charge in [-0.15, -0.1) is 0 Å². The Bertz CT molecular complexity index is 370. The van der Waals surface area contributed by atoms with Crippen LogP contribution in [-0.4, -0.2) is 0 Å². The van der Waals surface area contributed by atoms with Crippen LogP contribution in [0.3, 0.4) is 0 Å². The van der Waals surface area contributed by atoms with Crippen molar-refractivity contribution < 1.29 is 8.78 Å². The van der Waals surface area contributed by atoms with Crippen molar-refractivity contribution in [3.05, 3.63) is 34.9 Å². The zero-order chi connectivity index (χ0) is 11.1. The lowest BCUT2D eigenvalue weighted by molar-refractivity contribution is 0.143. The Balaban J connectivity index is 2.47. The second-order valence-corrected chi connectivity index (χ2v) is 4.40. The summed E-state index contributed by atoms with van der Waals surface area (Å²) >= 11 is 0. The highest BCUT2D eigenvalue weighted by atomic mass is 19.3. The van der Waals surface area contributed by atoms with Gasteiger partial charge < -0.3 is 5.73 Å². The molecule has 0 aromatic heterocycles. The van der Waals surface area contributed by atoms with Crippen LogP contribution in [-0.2, 0) is 5.54 Å². The zero-order valence-electron chi connectivity index (χ0n) is 8.76. The third-order valence-electron chi connectivity index (χ3n) is 3.23. The Morgan fingerprint density at radius 2 is 2.00 bits per heavy atom. The molecule has 0 atom stereocenters. The monoisotopic (exact) mass is 211 g/mol. The molecule has 2 rings (SSSR count). The second-order valence-electron chi connectivity index (χ2n) is 4.40. The number of hydrogen-bond donors (Lipinski definition) is 1. The van der Waals surface area contributed by atoms with Crippen LogP contribution >= 0.6 is 0 Å². The van der Waals surface area contributed by atoms with Crippen LogP contribution in [0.15, 0.2) is 18.2 Å². The zero-order valence-corrected chi connectivity index (χ0v) is 8.76. The average Bonchev–Trinajstić information content (AvgIpc) is 2.13. The van der Waals surface area contributed by atoms with Gasteiger partial charge in [0.25, 0.3) is 6.43 Å². The SMILES string of the molecule is Cc1ccc(C(F)F)c(C2(N)CCC2)c1. The van der Waals surface area contributed by atoms with Crippen LogP contribution in [0.1, 0.15) is 42.4 Å². The fourth-order valence-electron chi connectivity index (χ4n) is 2.12. The fraction of sp³-hybridized carbons (Fsp3) is 0.500. The van der Waals surface area contributed by atoms with Gasteiger partial charge in [-0.25, -0.2) is 8.78 Å². The molecule has 1 aromatic rings. The lowest BCUT2D eigenvalue weighted by Gasteiger charge is -2.40. The Kier molecular flexibility index (Phi) is 2.51. The molecule has 0 radical (unpaired) electrons. The number of hydrogen-bond acceptors (Lipinski definition) is 1. The van der Waals surface area contributed by atoms with Crippen LogP contribution in [0.2, 0.25) is 0 Å². The molecule has 0 aliphatic heterocycles. The van der Waals surface area contributed by atoms with E-state index in [1.807, 2.05) is 6.92 Å². The molecule has 15 heavy (non-hydrogen) atoms. The summed E-state index contributed by atoms with van der Waals surface area (Å²) in [6.45, 7) is 1.90. The van der Waals surface area contributed by atoms with Crippen molar-refractivity contribution in [3.63, 3.8) is 0 Å². The normalized spacial score (nSPS) is 19.0. The van der Waals surface area contributed by atoms with Crippen molar-refractivity contribution in [3.8, 4) is 0 Å². The predicted molar refractivity (Wildman–Crippen MR) is 55.9 cm³/mol. The molecule has 0 bridgehead atoms. The van der Waals surface area contributed by atoms with Crippen LogP contribution in [0, 0.1) is 6.92 Å². The molecular weight excluding hydrogens is 196 g/mol. The summed E-state index contributed by atoms with van der Waals surface area (Å²) in [6, 6.07) is 5.02. The van der Waals surface area contributed by atoms with Crippen molar-refractivity contribution in [2.24, 2.45) is 5.73 Å². The Labute approximate surface area is 88.3 Å². The van der Waals surface area contributed by atoms with Gasteiger partial charge in [0, 0.05) is 11.1 Å². The molecule has 1 aliphatic carbocycles. The minimum atomic E-state index is -2.43. The highest BCUT2D eigenvalue weighted by Gasteiger charge is 2.37. The van der Waals surface area contributed by atoms with E-state index in [1.165, 1.54) is 6.07 Å². The van der Waals surface area contributed by atoms with Crippen LogP contribution in [0.5, 0.6) is 0 Å². The van der Waals surface area contributed by atoms with E-state index in [2.05, 4.69) is 0 Å². The highest BCUT2D eigenvalue weighted by molar-refractivity contribution is 5.38. The summed E-state index contributed by atoms with van der Waals surface area (Å²) in [5.41, 5.74) is 7.33. The molecule has 1 saturated carbocycles. The summed E-state index contributed by atoms with van der Waals surface area (Å²) in [4.78, 5) is 0. The first-order valence-corrected chi connectivity index (χ1v) is 5.21. The number of nitrogens with two attached hydrogens (primary N) is 1. The summed E-state index contributed by atoms with van der Waals surface area (Å²) in [5, 5.41) is 0. The van der Waals surface area contributed by atoms with Gasteiger partial charge in [-0.05, 0) is 31.7 Å². The van der Waals surface area contributed by atoms with Crippen molar-refractivity contribution in [1.82, 2.24) is 0 Å². The first-order chi connectivity index (χ1) is 7.03. The van der Waals surface area contributed by atoms with Gasteiger partial charge in [-0.3, -0.25) is 0 Å². The molecule has 1 nitrogen and oxygen atoms in total. The van der Waals surface area contributed by atoms with Gasteiger partial charge in [-0.2, -0.15) is 0 Å². The van der Waals surface area contributed by atoms with E-state index in [0.717, 1.165) is 24.8 Å². The van der Waals surface area contributed by atoms with E-state index < -0.39 is 12.0 Å². The predicted octanol–water partition coefficient (Wildman–Crippen LogP) is 3.27. The number of benzene rings is 1. The molecule has 3 heteroatoms. The molecule has 0 saturated heterocycles. The van der Waals surface area contributed by atoms with E-state index in [4.69, 9.17) is 5.73 Å². The van der Waals surface area contributed by atoms with Gasteiger partial charge in [0.15, 0.2) is 0 Å². The maximum absolute atomic E-state index is 12.8. The van der Waals surface area contributed by atoms with E-state index in [1.54, 1.807) is 12.1 Å². The maximum Gasteiger partial charge on any atom is 0.264 e. The Hall–Kier alpha value is -0.960. The molecular formula is C12H15F2N. The van der Waals surface area contributed by atoms with E-state index >= 15 is 0 Å². The molecule has 0 unspecified atom stereocenters.